The molecule has 0 saturated carbocycles. The Labute approximate surface area is 197 Å². The number of aliphatic carboxylic acids is 2. The molecule has 1 aliphatic heterocycles. The fraction of sp³-hybridized carbons (Fsp3) is 0.150. The zero-order valence-electron chi connectivity index (χ0n) is 15.3. The number of benzene rings is 2. The SMILES string of the molecule is O=C(O)CCN1C(=Cc2sc3ccc(Br)cc3[n+]2CC(=O)O)Sc2ccc(Br)cc21. The summed E-state index contributed by atoms with van der Waals surface area (Å²) in [4.78, 5) is 25.7. The van der Waals surface area contributed by atoms with Crippen molar-refractivity contribution in [1.82, 2.24) is 0 Å². The van der Waals surface area contributed by atoms with Gasteiger partial charge < -0.3 is 15.1 Å². The van der Waals surface area contributed by atoms with Crippen molar-refractivity contribution in [1.29, 1.82) is 0 Å². The predicted molar refractivity (Wildman–Crippen MR) is 125 cm³/mol. The quantitative estimate of drug-likeness (QED) is 0.397. The van der Waals surface area contributed by atoms with Crippen LogP contribution in [-0.4, -0.2) is 28.7 Å². The van der Waals surface area contributed by atoms with Gasteiger partial charge in [-0.05, 0) is 30.3 Å². The molecule has 2 aromatic carbocycles. The smallest absolute Gasteiger partial charge is 0.370 e. The third-order valence-corrected chi connectivity index (χ3v) is 7.69. The van der Waals surface area contributed by atoms with E-state index in [2.05, 4.69) is 31.9 Å². The van der Waals surface area contributed by atoms with Crippen molar-refractivity contribution < 1.29 is 24.4 Å². The molecule has 0 radical (unpaired) electrons. The molecule has 0 saturated heterocycles. The highest BCUT2D eigenvalue weighted by molar-refractivity contribution is 9.10. The summed E-state index contributed by atoms with van der Waals surface area (Å²) < 4.78 is 4.54. The Morgan fingerprint density at radius 2 is 1.80 bits per heavy atom. The minimum Gasteiger partial charge on any atom is -0.481 e. The minimum atomic E-state index is -0.923. The van der Waals surface area contributed by atoms with Crippen molar-refractivity contribution in [3.05, 3.63) is 55.4 Å². The first-order valence-corrected chi connectivity index (χ1v) is 12.1. The summed E-state index contributed by atoms with van der Waals surface area (Å²) in [5, 5.41) is 20.3. The molecule has 0 bridgehead atoms. The Bertz CT molecular complexity index is 1210. The summed E-state index contributed by atoms with van der Waals surface area (Å²) in [6.07, 6.45) is 1.94. The maximum absolute atomic E-state index is 11.5. The molecule has 1 aromatic heterocycles. The van der Waals surface area contributed by atoms with E-state index in [-0.39, 0.29) is 13.0 Å². The van der Waals surface area contributed by atoms with Crippen molar-refractivity contribution in [2.24, 2.45) is 0 Å². The molecule has 0 fully saturated rings. The van der Waals surface area contributed by atoms with Gasteiger partial charge in [-0.2, -0.15) is 4.57 Å². The Morgan fingerprint density at radius 3 is 2.53 bits per heavy atom. The van der Waals surface area contributed by atoms with Gasteiger partial charge in [-0.3, -0.25) is 4.79 Å². The van der Waals surface area contributed by atoms with Crippen LogP contribution < -0.4 is 9.47 Å². The van der Waals surface area contributed by atoms with Gasteiger partial charge in [0.1, 0.15) is 4.70 Å². The molecule has 2 heterocycles. The number of aromatic nitrogens is 1. The lowest BCUT2D eigenvalue weighted by molar-refractivity contribution is -0.657. The highest BCUT2D eigenvalue weighted by Crippen LogP contribution is 2.47. The summed E-state index contributed by atoms with van der Waals surface area (Å²) >= 11 is 10.00. The number of hydrogen-bond acceptors (Lipinski definition) is 5. The molecular formula is C20H15Br2N2O4S2+. The molecule has 0 aliphatic carbocycles. The third-order valence-electron chi connectivity index (χ3n) is 4.47. The Balaban J connectivity index is 1.82. The Morgan fingerprint density at radius 1 is 1.07 bits per heavy atom. The Kier molecular flexibility index (Phi) is 6.19. The van der Waals surface area contributed by atoms with Gasteiger partial charge >= 0.3 is 11.9 Å². The van der Waals surface area contributed by atoms with Crippen molar-refractivity contribution in [3.8, 4) is 0 Å². The minimum absolute atomic E-state index is 0.00164. The molecule has 154 valence electrons. The predicted octanol–water partition coefficient (Wildman–Crippen LogP) is 5.18. The van der Waals surface area contributed by atoms with E-state index in [0.717, 1.165) is 39.8 Å². The van der Waals surface area contributed by atoms with Crippen LogP contribution in [0.2, 0.25) is 0 Å². The van der Waals surface area contributed by atoms with Gasteiger partial charge in [-0.1, -0.05) is 55.0 Å². The van der Waals surface area contributed by atoms with E-state index in [1.165, 1.54) is 11.3 Å². The Hall–Kier alpha value is -1.88. The molecule has 2 N–H and O–H groups in total. The van der Waals surface area contributed by atoms with Crippen LogP contribution in [0.15, 0.2) is 55.3 Å². The molecule has 6 nitrogen and oxygen atoms in total. The van der Waals surface area contributed by atoms with Crippen molar-refractivity contribution >= 4 is 88.9 Å². The fourth-order valence-electron chi connectivity index (χ4n) is 3.21. The molecular weight excluding hydrogens is 556 g/mol. The molecule has 30 heavy (non-hydrogen) atoms. The summed E-state index contributed by atoms with van der Waals surface area (Å²) in [7, 11) is 0. The monoisotopic (exact) mass is 569 g/mol. The summed E-state index contributed by atoms with van der Waals surface area (Å²) in [6, 6.07) is 11.7. The second-order valence-electron chi connectivity index (χ2n) is 6.52. The number of hydrogen-bond donors (Lipinski definition) is 2. The normalized spacial score (nSPS) is 14.5. The van der Waals surface area contributed by atoms with Crippen LogP contribution in [0, 0.1) is 0 Å². The lowest BCUT2D eigenvalue weighted by Gasteiger charge is -2.19. The highest BCUT2D eigenvalue weighted by Gasteiger charge is 2.29. The largest absolute Gasteiger partial charge is 0.481 e. The average molecular weight is 571 g/mol. The first kappa shape index (κ1) is 21.4. The second-order valence-corrected chi connectivity index (χ2v) is 10.5. The molecule has 1 aliphatic rings. The second kappa shape index (κ2) is 8.70. The lowest BCUT2D eigenvalue weighted by Crippen LogP contribution is -2.39. The van der Waals surface area contributed by atoms with Gasteiger partial charge in [0.05, 0.1) is 23.2 Å². The summed E-state index contributed by atoms with van der Waals surface area (Å²) in [6.45, 7) is 0.168. The zero-order chi connectivity index (χ0) is 21.4. The van der Waals surface area contributed by atoms with E-state index in [0.29, 0.717) is 6.54 Å². The molecule has 4 rings (SSSR count). The van der Waals surface area contributed by atoms with Crippen LogP contribution in [0.25, 0.3) is 16.3 Å². The number of nitrogens with zero attached hydrogens (tertiary/aromatic N) is 2. The molecule has 0 atom stereocenters. The van der Waals surface area contributed by atoms with E-state index in [9.17, 15) is 19.8 Å². The number of thiazole rings is 1. The standard InChI is InChI=1S/C20H14Br2N2O4S2/c21-11-1-3-15-13(7-11)23(6-5-19(25)26)17(29-15)9-18-24(10-20(27)28)14-8-12(22)2-4-16(14)30-18/h1-4,7-9H,5-6,10H2,(H-,25,26,27,28)/p+1. The fourth-order valence-corrected chi connectivity index (χ4v) is 6.16. The number of carboxylic acids is 2. The van der Waals surface area contributed by atoms with E-state index < -0.39 is 11.9 Å². The van der Waals surface area contributed by atoms with Gasteiger partial charge in [0.15, 0.2) is 0 Å². The van der Waals surface area contributed by atoms with Crippen LogP contribution >= 0.6 is 55.0 Å². The van der Waals surface area contributed by atoms with Crippen LogP contribution in [0.1, 0.15) is 11.4 Å². The lowest BCUT2D eigenvalue weighted by atomic mass is 10.2. The third kappa shape index (κ3) is 4.41. The van der Waals surface area contributed by atoms with E-state index >= 15 is 0 Å². The number of thioether (sulfide) groups is 1. The van der Waals surface area contributed by atoms with Crippen LogP contribution in [0.4, 0.5) is 5.69 Å². The molecule has 3 aromatic rings. The average Bonchev–Trinajstić information content (AvgIpc) is 3.17. The number of carbonyl (C=O) groups is 2. The van der Waals surface area contributed by atoms with Crippen molar-refractivity contribution in [2.45, 2.75) is 17.9 Å². The molecule has 10 heteroatoms. The molecule has 0 spiro atoms. The summed E-state index contributed by atoms with van der Waals surface area (Å²) in [5.41, 5.74) is 1.78. The summed E-state index contributed by atoms with van der Waals surface area (Å²) in [5.74, 6) is -1.79. The topological polar surface area (TPSA) is 81.7 Å². The van der Waals surface area contributed by atoms with Crippen molar-refractivity contribution in [3.63, 3.8) is 0 Å². The highest BCUT2D eigenvalue weighted by atomic mass is 79.9. The molecule has 0 amide bonds. The number of rotatable bonds is 6. The number of fused-ring (bicyclic) bond motifs is 2. The maximum Gasteiger partial charge on any atom is 0.370 e. The first-order valence-electron chi connectivity index (χ1n) is 8.84. The maximum atomic E-state index is 11.5. The zero-order valence-corrected chi connectivity index (χ0v) is 20.1. The number of carboxylic acid groups (broad SMARTS) is 2. The van der Waals surface area contributed by atoms with Gasteiger partial charge in [-0.15, -0.1) is 0 Å². The van der Waals surface area contributed by atoms with Crippen molar-refractivity contribution in [2.75, 3.05) is 11.4 Å². The van der Waals surface area contributed by atoms with Crippen LogP contribution in [0.5, 0.6) is 0 Å². The van der Waals surface area contributed by atoms with Gasteiger partial charge in [0, 0.05) is 26.5 Å². The van der Waals surface area contributed by atoms with Crippen LogP contribution in [-0.2, 0) is 16.1 Å². The van der Waals surface area contributed by atoms with E-state index in [4.69, 9.17) is 0 Å². The van der Waals surface area contributed by atoms with E-state index in [1.54, 1.807) is 16.3 Å². The van der Waals surface area contributed by atoms with E-state index in [1.807, 2.05) is 47.4 Å². The number of anilines is 1. The molecule has 0 unspecified atom stereocenters. The van der Waals surface area contributed by atoms with Gasteiger partial charge in [0.25, 0.3) is 5.01 Å². The van der Waals surface area contributed by atoms with Gasteiger partial charge in [-0.25, -0.2) is 4.79 Å². The number of halogens is 2. The van der Waals surface area contributed by atoms with Crippen LogP contribution in [0.3, 0.4) is 0 Å². The first-order chi connectivity index (χ1) is 14.3. The van der Waals surface area contributed by atoms with Gasteiger partial charge in [0.2, 0.25) is 12.1 Å².